The highest BCUT2D eigenvalue weighted by atomic mass is 19.4. The van der Waals surface area contributed by atoms with Gasteiger partial charge in [-0.05, 0) is 17.7 Å². The summed E-state index contributed by atoms with van der Waals surface area (Å²) < 4.78 is 277. The number of carbonyl (C=O) groups excluding carboxylic acids is 3. The van der Waals surface area contributed by atoms with Crippen molar-refractivity contribution in [3.8, 4) is 5.75 Å². The molecule has 0 heterocycles. The maximum Gasteiger partial charge on any atom is 0.460 e. The van der Waals surface area contributed by atoms with Gasteiger partial charge < -0.3 is 14.8 Å². The van der Waals surface area contributed by atoms with Crippen molar-refractivity contribution in [2.24, 2.45) is 0 Å². The van der Waals surface area contributed by atoms with Gasteiger partial charge in [0.1, 0.15) is 11.9 Å². The zero-order valence-electron chi connectivity index (χ0n) is 21.1. The summed E-state index contributed by atoms with van der Waals surface area (Å²) in [7, 11) is 0. The van der Waals surface area contributed by atoms with Gasteiger partial charge in [-0.15, -0.1) is 0 Å². The minimum absolute atomic E-state index is 0.0186. The summed E-state index contributed by atoms with van der Waals surface area (Å²) in [6.07, 6.45) is -24.7. The Labute approximate surface area is 242 Å². The van der Waals surface area contributed by atoms with Gasteiger partial charge in [0.15, 0.2) is 0 Å². The first-order chi connectivity index (χ1) is 20.5. The standard InChI is InChI=1S/C20H8F21NO5/c21-12(22,15(27,28)18(33,34)35)9(43)42-5-8(47-11(45)14(25,26)17(31,32)20(39,40)41)6-1-3-7(4-2-6)46-10(44)13(23,24)16(29,30)19(36,37)38/h1-4,8H,5H2,(H,42,43). The number of halogens is 21. The van der Waals surface area contributed by atoms with E-state index in [1.807, 2.05) is 0 Å². The van der Waals surface area contributed by atoms with Gasteiger partial charge in [0, 0.05) is 0 Å². The zero-order chi connectivity index (χ0) is 37.6. The van der Waals surface area contributed by atoms with Gasteiger partial charge in [-0.1, -0.05) is 12.1 Å². The molecule has 1 amide bonds. The van der Waals surface area contributed by atoms with E-state index in [9.17, 15) is 107 Å². The van der Waals surface area contributed by atoms with E-state index in [-0.39, 0.29) is 24.3 Å². The molecule has 1 unspecified atom stereocenters. The Kier molecular flexibility index (Phi) is 10.8. The highest BCUT2D eigenvalue weighted by molar-refractivity contribution is 5.85. The number of nitrogens with one attached hydrogen (secondary N) is 1. The second-order valence-electron chi connectivity index (χ2n) is 8.50. The smallest absolute Gasteiger partial charge is 0.451 e. The van der Waals surface area contributed by atoms with Gasteiger partial charge >= 0.3 is 66.0 Å². The Bertz CT molecular complexity index is 1310. The summed E-state index contributed by atoms with van der Waals surface area (Å²) in [5.74, 6) is -54.8. The molecule has 0 bridgehead atoms. The molecule has 1 aromatic carbocycles. The molecule has 0 aliphatic carbocycles. The van der Waals surface area contributed by atoms with Gasteiger partial charge in [0.2, 0.25) is 0 Å². The number of carbonyl (C=O) groups is 3. The van der Waals surface area contributed by atoms with E-state index in [2.05, 4.69) is 9.47 Å². The molecule has 0 spiro atoms. The molecule has 0 aliphatic rings. The number of hydrogen-bond acceptors (Lipinski definition) is 5. The van der Waals surface area contributed by atoms with Crippen LogP contribution in [0.3, 0.4) is 0 Å². The van der Waals surface area contributed by atoms with E-state index < -0.39 is 95.9 Å². The van der Waals surface area contributed by atoms with E-state index in [0.717, 1.165) is 0 Å². The number of benzene rings is 1. The molecular formula is C20H8F21NO5. The molecule has 0 saturated heterocycles. The summed E-state index contributed by atoms with van der Waals surface area (Å²) in [5.41, 5.74) is -1.33. The largest absolute Gasteiger partial charge is 0.460 e. The quantitative estimate of drug-likeness (QED) is 0.154. The number of rotatable bonds is 11. The van der Waals surface area contributed by atoms with E-state index in [1.54, 1.807) is 0 Å². The molecule has 47 heavy (non-hydrogen) atoms. The van der Waals surface area contributed by atoms with Crippen LogP contribution in [0.15, 0.2) is 24.3 Å². The summed E-state index contributed by atoms with van der Waals surface area (Å²) >= 11 is 0. The third-order valence-corrected chi connectivity index (χ3v) is 5.21. The van der Waals surface area contributed by atoms with Crippen LogP contribution in [-0.2, 0) is 19.1 Å². The van der Waals surface area contributed by atoms with Crippen LogP contribution in [-0.4, -0.2) is 78.5 Å². The molecule has 0 fully saturated rings. The van der Waals surface area contributed by atoms with Crippen molar-refractivity contribution in [2.75, 3.05) is 6.54 Å². The van der Waals surface area contributed by atoms with Crippen molar-refractivity contribution < 1.29 is 116 Å². The lowest BCUT2D eigenvalue weighted by molar-refractivity contribution is -0.349. The van der Waals surface area contributed by atoms with Gasteiger partial charge in [0.05, 0.1) is 6.54 Å². The van der Waals surface area contributed by atoms with Crippen LogP contribution in [0.2, 0.25) is 0 Å². The second kappa shape index (κ2) is 12.3. The molecule has 27 heteroatoms. The number of hydrogen-bond donors (Lipinski definition) is 1. The second-order valence-corrected chi connectivity index (χ2v) is 8.50. The fraction of sp³-hybridized carbons (Fsp3) is 0.550. The molecule has 1 aromatic rings. The lowest BCUT2D eigenvalue weighted by Crippen LogP contribution is -2.60. The van der Waals surface area contributed by atoms with Crippen LogP contribution in [0.5, 0.6) is 5.75 Å². The van der Waals surface area contributed by atoms with Gasteiger partial charge in [-0.2, -0.15) is 92.2 Å². The third-order valence-electron chi connectivity index (χ3n) is 5.21. The SMILES string of the molecule is O=C(NCC(OC(=O)C(F)(F)C(F)(F)C(F)(F)F)c1ccc(OC(=O)C(F)(F)C(F)(F)C(F)(F)F)cc1)C(F)(F)C(F)(F)C(F)(F)F. The third kappa shape index (κ3) is 7.51. The molecule has 1 atom stereocenters. The molecule has 0 aromatic heterocycles. The molecule has 270 valence electrons. The van der Waals surface area contributed by atoms with Crippen LogP contribution < -0.4 is 10.1 Å². The fourth-order valence-corrected chi connectivity index (χ4v) is 2.58. The fourth-order valence-electron chi connectivity index (χ4n) is 2.58. The van der Waals surface area contributed by atoms with Crippen molar-refractivity contribution in [3.63, 3.8) is 0 Å². The van der Waals surface area contributed by atoms with E-state index in [4.69, 9.17) is 0 Å². The molecule has 1 rings (SSSR count). The zero-order valence-corrected chi connectivity index (χ0v) is 21.1. The normalized spacial score (nSPS) is 15.2. The molecule has 0 radical (unpaired) electrons. The van der Waals surface area contributed by atoms with Crippen LogP contribution in [0.1, 0.15) is 11.7 Å². The average molecular weight is 741 g/mol. The van der Waals surface area contributed by atoms with E-state index in [0.29, 0.717) is 5.32 Å². The number of esters is 2. The monoisotopic (exact) mass is 741 g/mol. The summed E-state index contributed by atoms with van der Waals surface area (Å²) in [6, 6.07) is -0.163. The topological polar surface area (TPSA) is 81.7 Å². The predicted octanol–water partition coefficient (Wildman–Crippen LogP) is 6.79. The van der Waals surface area contributed by atoms with E-state index >= 15 is 0 Å². The van der Waals surface area contributed by atoms with Crippen LogP contribution in [0, 0.1) is 0 Å². The lowest BCUT2D eigenvalue weighted by atomic mass is 10.1. The Balaban J connectivity index is 3.49. The van der Waals surface area contributed by atoms with Crippen LogP contribution in [0.4, 0.5) is 92.2 Å². The molecular weight excluding hydrogens is 733 g/mol. The maximum absolute atomic E-state index is 13.7. The molecule has 0 aliphatic heterocycles. The van der Waals surface area contributed by atoms with Crippen LogP contribution in [0.25, 0.3) is 0 Å². The van der Waals surface area contributed by atoms with Gasteiger partial charge in [0.25, 0.3) is 5.91 Å². The van der Waals surface area contributed by atoms with Gasteiger partial charge in [-0.25, -0.2) is 9.59 Å². The minimum atomic E-state index is -7.30. The lowest BCUT2D eigenvalue weighted by Gasteiger charge is -2.29. The van der Waals surface area contributed by atoms with Crippen molar-refractivity contribution >= 4 is 17.8 Å². The van der Waals surface area contributed by atoms with E-state index in [1.165, 1.54) is 0 Å². The molecule has 6 nitrogen and oxygen atoms in total. The summed E-state index contributed by atoms with van der Waals surface area (Å²) in [4.78, 5) is 34.3. The van der Waals surface area contributed by atoms with Gasteiger partial charge in [-0.3, -0.25) is 4.79 Å². The first kappa shape index (κ1) is 41.2. The summed E-state index contributed by atoms with van der Waals surface area (Å²) in [6.45, 7) is -2.28. The highest BCUT2D eigenvalue weighted by Crippen LogP contribution is 2.49. The Morgan fingerprint density at radius 1 is 0.532 bits per heavy atom. The summed E-state index contributed by atoms with van der Waals surface area (Å²) in [5, 5.41) is 0.448. The van der Waals surface area contributed by atoms with Crippen molar-refractivity contribution in [1.29, 1.82) is 0 Å². The van der Waals surface area contributed by atoms with Crippen molar-refractivity contribution in [1.82, 2.24) is 5.32 Å². The predicted molar refractivity (Wildman–Crippen MR) is 102 cm³/mol. The van der Waals surface area contributed by atoms with Crippen molar-refractivity contribution in [2.45, 2.75) is 60.2 Å². The van der Waals surface area contributed by atoms with Crippen LogP contribution >= 0.6 is 0 Å². The Hall–Kier alpha value is -3.84. The first-order valence-electron chi connectivity index (χ1n) is 10.8. The Morgan fingerprint density at radius 2 is 0.872 bits per heavy atom. The number of alkyl halides is 21. The Morgan fingerprint density at radius 3 is 1.23 bits per heavy atom. The van der Waals surface area contributed by atoms with Crippen molar-refractivity contribution in [3.05, 3.63) is 29.8 Å². The first-order valence-corrected chi connectivity index (χ1v) is 10.8. The highest BCUT2D eigenvalue weighted by Gasteiger charge is 2.79. The minimum Gasteiger partial charge on any atom is -0.451 e. The number of amides is 1. The number of ether oxygens (including phenoxy) is 2. The maximum atomic E-state index is 13.7. The molecule has 1 N–H and O–H groups in total. The molecule has 0 saturated carbocycles. The average Bonchev–Trinajstić information content (AvgIpc) is 2.88.